The van der Waals surface area contributed by atoms with Crippen molar-refractivity contribution in [1.29, 1.82) is 0 Å². The van der Waals surface area contributed by atoms with Crippen molar-refractivity contribution in [2.45, 2.75) is 88.2 Å². The van der Waals surface area contributed by atoms with E-state index in [1.54, 1.807) is 6.08 Å². The van der Waals surface area contributed by atoms with Crippen LogP contribution in [0.15, 0.2) is 66.6 Å². The summed E-state index contributed by atoms with van der Waals surface area (Å²) in [6, 6.07) is 20.7. The van der Waals surface area contributed by atoms with Gasteiger partial charge in [-0.25, -0.2) is 0 Å². The molecule has 0 spiro atoms. The normalized spacial score (nSPS) is 13.3. The van der Waals surface area contributed by atoms with Crippen LogP contribution in [0.2, 0.25) is 0 Å². The maximum Gasteiger partial charge on any atom is 0.0936 e. The van der Waals surface area contributed by atoms with E-state index in [1.807, 2.05) is 33.9 Å². The van der Waals surface area contributed by atoms with Gasteiger partial charge in [-0.3, -0.25) is 4.98 Å². The molecule has 2 N–H and O–H groups in total. The van der Waals surface area contributed by atoms with Crippen LogP contribution >= 0.6 is 0 Å². The summed E-state index contributed by atoms with van der Waals surface area (Å²) >= 11 is 0. The Hall–Kier alpha value is -3.11. The molecular formula is C39H49IrN2O2-. The molecular weight excluding hydrogens is 721 g/mol. The van der Waals surface area contributed by atoms with Crippen molar-refractivity contribution in [2.75, 3.05) is 0 Å². The van der Waals surface area contributed by atoms with Crippen LogP contribution in [-0.4, -0.2) is 26.3 Å². The molecule has 0 saturated heterocycles. The maximum atomic E-state index is 9.60. The molecule has 0 aliphatic carbocycles. The smallest absolute Gasteiger partial charge is 0.0936 e. The number of benzene rings is 3. The van der Waals surface area contributed by atoms with Gasteiger partial charge in [0.15, 0.2) is 0 Å². The third kappa shape index (κ3) is 9.69. The van der Waals surface area contributed by atoms with E-state index >= 15 is 0 Å². The molecule has 237 valence electrons. The first-order valence-electron chi connectivity index (χ1n) is 15.5. The van der Waals surface area contributed by atoms with E-state index in [2.05, 4.69) is 96.1 Å². The van der Waals surface area contributed by atoms with Gasteiger partial charge in [-0.15, -0.1) is 34.9 Å². The molecule has 1 aromatic heterocycles. The van der Waals surface area contributed by atoms with Gasteiger partial charge in [0, 0.05) is 43.5 Å². The number of aliphatic hydroxyl groups excluding tert-OH is 2. The molecule has 1 heterocycles. The zero-order chi connectivity index (χ0) is 31.8. The number of allylic oxidation sites excluding steroid dienone is 1. The number of nitrogens with zero attached hydrogens (tertiary/aromatic N) is 2. The van der Waals surface area contributed by atoms with E-state index < -0.39 is 6.10 Å². The second-order valence-corrected chi connectivity index (χ2v) is 12.1. The summed E-state index contributed by atoms with van der Waals surface area (Å²) in [5.74, 6) is 0.681. The van der Waals surface area contributed by atoms with Gasteiger partial charge in [0.05, 0.1) is 23.3 Å². The zero-order valence-electron chi connectivity index (χ0n) is 28.0. The van der Waals surface area contributed by atoms with Crippen molar-refractivity contribution in [3.05, 3.63) is 106 Å². The predicted octanol–water partition coefficient (Wildman–Crippen LogP) is 10.0. The van der Waals surface area contributed by atoms with Crippen molar-refractivity contribution in [3.8, 4) is 33.8 Å². The van der Waals surface area contributed by atoms with Crippen LogP contribution in [0.25, 0.3) is 33.8 Å². The number of aryl methyl sites for hydroxylation is 6. The van der Waals surface area contributed by atoms with Gasteiger partial charge < -0.3 is 15.2 Å². The fourth-order valence-corrected chi connectivity index (χ4v) is 5.21. The molecule has 3 unspecified atom stereocenters. The molecule has 0 fully saturated rings. The number of aliphatic hydroxyl groups is 2. The molecule has 4 aromatic rings. The van der Waals surface area contributed by atoms with Crippen molar-refractivity contribution in [2.24, 2.45) is 11.8 Å². The molecule has 5 heteroatoms. The Morgan fingerprint density at radius 1 is 0.841 bits per heavy atom. The summed E-state index contributed by atoms with van der Waals surface area (Å²) in [6.07, 6.45) is 4.78. The molecule has 3 aromatic carbocycles. The number of hydrogen-bond donors (Lipinski definition) is 2. The molecule has 4 rings (SSSR count). The Morgan fingerprint density at radius 2 is 1.43 bits per heavy atom. The van der Waals surface area contributed by atoms with Gasteiger partial charge in [0.1, 0.15) is 0 Å². The van der Waals surface area contributed by atoms with Gasteiger partial charge in [0.25, 0.3) is 0 Å². The fraction of sp³-hybridized carbons (Fsp3) is 0.385. The Morgan fingerprint density at radius 3 is 1.98 bits per heavy atom. The van der Waals surface area contributed by atoms with Gasteiger partial charge in [0.2, 0.25) is 0 Å². The first-order valence-corrected chi connectivity index (χ1v) is 15.5. The topological polar surface area (TPSA) is 66.2 Å². The number of hydrogen-bond acceptors (Lipinski definition) is 4. The van der Waals surface area contributed by atoms with Crippen LogP contribution in [0.4, 0.5) is 0 Å². The third-order valence-electron chi connectivity index (χ3n) is 8.09. The van der Waals surface area contributed by atoms with Gasteiger partial charge in [-0.05, 0) is 62.8 Å². The molecule has 0 saturated carbocycles. The summed E-state index contributed by atoms with van der Waals surface area (Å²) < 4.78 is 0. The van der Waals surface area contributed by atoms with Crippen LogP contribution in [0.3, 0.4) is 0 Å². The second kappa shape index (κ2) is 16.8. The standard InChI is InChI=1S/C28H27N2.C11H22O2.Ir/c1-17-10-18(2)13-23(12-17)27-28(24-14-19(3)11-20(4)15-24)30-25(16-29-27)26-21(5)8-7-9-22(26)6;1-5-8(3)10(12)7-11(13)9(4)6-2;/h7-12,14-16H,1-6H3;7-10,12-13H,5-6H2,1-4H3;/q-1;;. The van der Waals surface area contributed by atoms with E-state index in [4.69, 9.17) is 9.97 Å². The molecule has 4 nitrogen and oxygen atoms in total. The SMILES string of the molecule is CCC(C)C(O)=CC(O)C(C)CC.Cc1[c-]c(-c2ncc(-c3c(C)cccc3C)nc2-c2cc(C)cc(C)c2)cc(C)c1.[Ir]. The Kier molecular flexibility index (Phi) is 14.2. The van der Waals surface area contributed by atoms with E-state index in [-0.39, 0.29) is 31.9 Å². The van der Waals surface area contributed by atoms with Crippen LogP contribution < -0.4 is 0 Å². The second-order valence-electron chi connectivity index (χ2n) is 12.1. The van der Waals surface area contributed by atoms with Crippen LogP contribution in [-0.2, 0) is 20.1 Å². The van der Waals surface area contributed by atoms with Crippen LogP contribution in [0, 0.1) is 59.4 Å². The number of rotatable bonds is 8. The van der Waals surface area contributed by atoms with Gasteiger partial charge >= 0.3 is 0 Å². The average molecular weight is 770 g/mol. The van der Waals surface area contributed by atoms with Crippen molar-refractivity contribution in [3.63, 3.8) is 0 Å². The van der Waals surface area contributed by atoms with E-state index in [9.17, 15) is 10.2 Å². The molecule has 0 amide bonds. The van der Waals surface area contributed by atoms with E-state index in [0.29, 0.717) is 5.76 Å². The molecule has 1 radical (unpaired) electrons. The molecule has 0 bridgehead atoms. The van der Waals surface area contributed by atoms with Crippen molar-refractivity contribution >= 4 is 0 Å². The average Bonchev–Trinajstić information content (AvgIpc) is 2.95. The fourth-order valence-electron chi connectivity index (χ4n) is 5.21. The van der Waals surface area contributed by atoms with Crippen molar-refractivity contribution in [1.82, 2.24) is 9.97 Å². The summed E-state index contributed by atoms with van der Waals surface area (Å²) in [5, 5.41) is 19.1. The monoisotopic (exact) mass is 770 g/mol. The summed E-state index contributed by atoms with van der Waals surface area (Å²) in [5.41, 5.74) is 13.1. The Balaban J connectivity index is 0.000000412. The third-order valence-corrected chi connectivity index (χ3v) is 8.09. The largest absolute Gasteiger partial charge is 0.512 e. The van der Waals surface area contributed by atoms with Gasteiger partial charge in [-0.2, -0.15) is 0 Å². The minimum atomic E-state index is -0.515. The minimum Gasteiger partial charge on any atom is -0.512 e. The minimum absolute atomic E-state index is 0. The van der Waals surface area contributed by atoms with E-state index in [1.165, 1.54) is 27.8 Å². The van der Waals surface area contributed by atoms with Crippen LogP contribution in [0.5, 0.6) is 0 Å². The molecule has 0 aliphatic heterocycles. The molecule has 44 heavy (non-hydrogen) atoms. The maximum absolute atomic E-state index is 9.60. The molecule has 3 atom stereocenters. The Bertz CT molecular complexity index is 1520. The van der Waals surface area contributed by atoms with Crippen molar-refractivity contribution < 1.29 is 30.3 Å². The summed E-state index contributed by atoms with van der Waals surface area (Å²) in [7, 11) is 0. The van der Waals surface area contributed by atoms with Crippen LogP contribution in [0.1, 0.15) is 73.9 Å². The van der Waals surface area contributed by atoms with Gasteiger partial charge in [-0.1, -0.05) is 95.5 Å². The van der Waals surface area contributed by atoms with E-state index in [0.717, 1.165) is 52.2 Å². The summed E-state index contributed by atoms with van der Waals surface area (Å²) in [4.78, 5) is 10.1. The number of aromatic nitrogens is 2. The first-order chi connectivity index (χ1) is 20.3. The first kappa shape index (κ1) is 37.1. The Labute approximate surface area is 279 Å². The zero-order valence-corrected chi connectivity index (χ0v) is 30.4. The molecule has 0 aliphatic rings. The predicted molar refractivity (Wildman–Crippen MR) is 181 cm³/mol. The quantitative estimate of drug-likeness (QED) is 0.138. The summed E-state index contributed by atoms with van der Waals surface area (Å²) in [6.45, 7) is 20.7.